The summed E-state index contributed by atoms with van der Waals surface area (Å²) in [5.41, 5.74) is 1.54. The number of rotatable bonds is 3. The highest BCUT2D eigenvalue weighted by atomic mass is 16.5. The third-order valence-corrected chi connectivity index (χ3v) is 3.00. The van der Waals surface area contributed by atoms with Crippen LogP contribution in [0.4, 0.5) is 0 Å². The zero-order chi connectivity index (χ0) is 10.9. The maximum absolute atomic E-state index is 5.61. The number of nitrogens with one attached hydrogen (secondary N) is 1. The second kappa shape index (κ2) is 3.86. The van der Waals surface area contributed by atoms with Crippen LogP contribution in [-0.4, -0.2) is 12.6 Å². The van der Waals surface area contributed by atoms with Crippen molar-refractivity contribution in [1.82, 2.24) is 5.32 Å². The molecule has 1 saturated heterocycles. The van der Waals surface area contributed by atoms with E-state index in [0.717, 1.165) is 12.3 Å². The molecule has 1 N–H and O–H groups in total. The maximum atomic E-state index is 5.61. The van der Waals surface area contributed by atoms with Crippen LogP contribution in [0, 0.1) is 0 Å². The fourth-order valence-electron chi connectivity index (χ4n) is 1.92. The van der Waals surface area contributed by atoms with Crippen molar-refractivity contribution >= 4 is 0 Å². The smallest absolute Gasteiger partial charge is 0.119 e. The number of benzene rings is 1. The lowest BCUT2D eigenvalue weighted by molar-refractivity contribution is 0.233. The predicted molar refractivity (Wildman–Crippen MR) is 62.2 cm³/mol. The molecule has 82 valence electrons. The molecular weight excluding hydrogens is 186 g/mol. The van der Waals surface area contributed by atoms with E-state index in [0.29, 0.717) is 0 Å². The fraction of sp³-hybridized carbons (Fsp3) is 0.538. The molecule has 0 aromatic heterocycles. The monoisotopic (exact) mass is 205 g/mol. The second-order valence-corrected chi connectivity index (χ2v) is 4.70. The first kappa shape index (κ1) is 10.5. The molecule has 0 amide bonds. The average molecular weight is 205 g/mol. The van der Waals surface area contributed by atoms with E-state index in [-0.39, 0.29) is 11.6 Å². The van der Waals surface area contributed by atoms with Crippen LogP contribution >= 0.6 is 0 Å². The molecule has 1 aliphatic rings. The Morgan fingerprint density at radius 1 is 1.27 bits per heavy atom. The molecule has 1 unspecified atom stereocenters. The zero-order valence-electron chi connectivity index (χ0n) is 9.71. The minimum atomic E-state index is 0.191. The predicted octanol–water partition coefficient (Wildman–Crippen LogP) is 2.68. The first-order valence-electron chi connectivity index (χ1n) is 5.62. The number of hydrogen-bond acceptors (Lipinski definition) is 2. The van der Waals surface area contributed by atoms with E-state index in [2.05, 4.69) is 36.5 Å². The summed E-state index contributed by atoms with van der Waals surface area (Å²) in [4.78, 5) is 0. The Hall–Kier alpha value is -1.02. The van der Waals surface area contributed by atoms with E-state index in [1.807, 2.05) is 13.8 Å². The van der Waals surface area contributed by atoms with Gasteiger partial charge in [0.1, 0.15) is 5.75 Å². The molecular formula is C13H19NO. The molecule has 1 atom stereocenters. The summed E-state index contributed by atoms with van der Waals surface area (Å²) in [6, 6.07) is 8.43. The molecule has 0 spiro atoms. The van der Waals surface area contributed by atoms with Crippen LogP contribution in [0.2, 0.25) is 0 Å². The van der Waals surface area contributed by atoms with Gasteiger partial charge in [-0.1, -0.05) is 12.1 Å². The van der Waals surface area contributed by atoms with Gasteiger partial charge in [-0.3, -0.25) is 0 Å². The molecule has 1 heterocycles. The summed E-state index contributed by atoms with van der Waals surface area (Å²) in [5.74, 6) is 0.955. The van der Waals surface area contributed by atoms with Crippen LogP contribution in [0.1, 0.15) is 32.8 Å². The van der Waals surface area contributed by atoms with Crippen LogP contribution in [-0.2, 0) is 5.54 Å². The highest BCUT2D eigenvalue weighted by molar-refractivity contribution is 5.33. The summed E-state index contributed by atoms with van der Waals surface area (Å²) < 4.78 is 5.61. The Balaban J connectivity index is 2.10. The van der Waals surface area contributed by atoms with E-state index in [1.165, 1.54) is 12.0 Å². The summed E-state index contributed by atoms with van der Waals surface area (Å²) in [6.07, 6.45) is 1.46. The molecule has 2 rings (SSSR count). The molecule has 0 bridgehead atoms. The van der Waals surface area contributed by atoms with E-state index in [9.17, 15) is 0 Å². The third kappa shape index (κ3) is 2.15. The summed E-state index contributed by atoms with van der Waals surface area (Å²) in [7, 11) is 0. The first-order valence-corrected chi connectivity index (χ1v) is 5.62. The average Bonchev–Trinajstić information content (AvgIpc) is 2.14. The lowest BCUT2D eigenvalue weighted by Gasteiger charge is -2.40. The third-order valence-electron chi connectivity index (χ3n) is 3.00. The van der Waals surface area contributed by atoms with Gasteiger partial charge < -0.3 is 10.1 Å². The van der Waals surface area contributed by atoms with Gasteiger partial charge in [-0.15, -0.1) is 0 Å². The van der Waals surface area contributed by atoms with Gasteiger partial charge in [-0.25, -0.2) is 0 Å². The Kier molecular flexibility index (Phi) is 2.70. The molecule has 0 aliphatic carbocycles. The van der Waals surface area contributed by atoms with Crippen LogP contribution in [0.5, 0.6) is 5.75 Å². The van der Waals surface area contributed by atoms with Gasteiger partial charge in [0.25, 0.3) is 0 Å². The number of ether oxygens (including phenoxy) is 1. The molecule has 1 fully saturated rings. The van der Waals surface area contributed by atoms with Crippen molar-refractivity contribution < 1.29 is 4.74 Å². The van der Waals surface area contributed by atoms with Crippen molar-refractivity contribution in [2.45, 2.75) is 38.8 Å². The van der Waals surface area contributed by atoms with Gasteiger partial charge >= 0.3 is 0 Å². The van der Waals surface area contributed by atoms with Crippen molar-refractivity contribution in [3.8, 4) is 5.75 Å². The number of hydrogen-bond donors (Lipinski definition) is 1. The molecule has 2 nitrogen and oxygen atoms in total. The lowest BCUT2D eigenvalue weighted by atomic mass is 9.83. The normalized spacial score (nSPS) is 25.1. The molecule has 0 radical (unpaired) electrons. The van der Waals surface area contributed by atoms with Crippen molar-refractivity contribution in [3.05, 3.63) is 29.8 Å². The highest BCUT2D eigenvalue weighted by Gasteiger charge is 2.32. The van der Waals surface area contributed by atoms with Gasteiger partial charge in [-0.2, -0.15) is 0 Å². The lowest BCUT2D eigenvalue weighted by Crippen LogP contribution is -2.51. The molecule has 1 aliphatic heterocycles. The standard InChI is InChI=1S/C13H19NO/c1-10(2)15-12-6-4-11(5-7-12)13(3)8-9-14-13/h4-7,10,14H,8-9H2,1-3H3. The minimum Gasteiger partial charge on any atom is -0.491 e. The Labute approximate surface area is 91.6 Å². The van der Waals surface area contributed by atoms with Gasteiger partial charge in [0.05, 0.1) is 6.10 Å². The van der Waals surface area contributed by atoms with Gasteiger partial charge in [0, 0.05) is 5.54 Å². The van der Waals surface area contributed by atoms with Crippen molar-refractivity contribution in [1.29, 1.82) is 0 Å². The minimum absolute atomic E-state index is 0.191. The van der Waals surface area contributed by atoms with Crippen LogP contribution in [0.3, 0.4) is 0 Å². The van der Waals surface area contributed by atoms with E-state index in [4.69, 9.17) is 4.74 Å². The topological polar surface area (TPSA) is 21.3 Å². The molecule has 1 aromatic carbocycles. The van der Waals surface area contributed by atoms with Crippen molar-refractivity contribution in [2.24, 2.45) is 0 Å². The van der Waals surface area contributed by atoms with Crippen molar-refractivity contribution in [3.63, 3.8) is 0 Å². The van der Waals surface area contributed by atoms with Gasteiger partial charge in [-0.05, 0) is 51.4 Å². The summed E-state index contributed by atoms with van der Waals surface area (Å²) in [6.45, 7) is 7.46. The SMILES string of the molecule is CC(C)Oc1ccc(C2(C)CCN2)cc1. The van der Waals surface area contributed by atoms with E-state index >= 15 is 0 Å². The van der Waals surface area contributed by atoms with Crippen LogP contribution < -0.4 is 10.1 Å². The van der Waals surface area contributed by atoms with Gasteiger partial charge in [0.2, 0.25) is 0 Å². The Bertz CT molecular complexity index is 325. The van der Waals surface area contributed by atoms with E-state index < -0.39 is 0 Å². The quantitative estimate of drug-likeness (QED) is 0.819. The van der Waals surface area contributed by atoms with Crippen LogP contribution in [0.25, 0.3) is 0 Å². The Morgan fingerprint density at radius 3 is 2.27 bits per heavy atom. The first-order chi connectivity index (χ1) is 7.10. The molecule has 15 heavy (non-hydrogen) atoms. The summed E-state index contributed by atoms with van der Waals surface area (Å²) in [5, 5.41) is 3.46. The highest BCUT2D eigenvalue weighted by Crippen LogP contribution is 2.31. The van der Waals surface area contributed by atoms with Gasteiger partial charge in [0.15, 0.2) is 0 Å². The second-order valence-electron chi connectivity index (χ2n) is 4.70. The van der Waals surface area contributed by atoms with Crippen molar-refractivity contribution in [2.75, 3.05) is 6.54 Å². The van der Waals surface area contributed by atoms with E-state index in [1.54, 1.807) is 0 Å². The molecule has 0 saturated carbocycles. The Morgan fingerprint density at radius 2 is 1.87 bits per heavy atom. The molecule has 2 heteroatoms. The zero-order valence-corrected chi connectivity index (χ0v) is 9.71. The maximum Gasteiger partial charge on any atom is 0.119 e. The molecule has 1 aromatic rings. The largest absolute Gasteiger partial charge is 0.491 e. The fourth-order valence-corrected chi connectivity index (χ4v) is 1.92. The summed E-state index contributed by atoms with van der Waals surface area (Å²) >= 11 is 0. The van der Waals surface area contributed by atoms with Crippen LogP contribution in [0.15, 0.2) is 24.3 Å².